The van der Waals surface area contributed by atoms with Crippen molar-refractivity contribution in [2.75, 3.05) is 0 Å². The van der Waals surface area contributed by atoms with Crippen LogP contribution in [0.3, 0.4) is 0 Å². The summed E-state index contributed by atoms with van der Waals surface area (Å²) in [5, 5.41) is 20.0. The van der Waals surface area contributed by atoms with Crippen LogP contribution in [0.25, 0.3) is 0 Å². The summed E-state index contributed by atoms with van der Waals surface area (Å²) in [6, 6.07) is 0. The molecule has 33 heavy (non-hydrogen) atoms. The van der Waals surface area contributed by atoms with Gasteiger partial charge in [-0.05, 0) is 25.0 Å². The van der Waals surface area contributed by atoms with E-state index < -0.39 is 11.9 Å². The number of carboxylic acids is 2. The Labute approximate surface area is 235 Å². The molecule has 0 saturated heterocycles. The number of nitrogens with one attached hydrogen (secondary N) is 1. The van der Waals surface area contributed by atoms with Gasteiger partial charge in [-0.2, -0.15) is 0 Å². The molecule has 1 aliphatic heterocycles. The molecule has 1 aliphatic rings. The number of allylic oxidation sites excluding steroid dienone is 4. The third kappa shape index (κ3) is 33.5. The normalized spacial score (nSPS) is 11.6. The molecule has 0 fully saturated rings. The van der Waals surface area contributed by atoms with Crippen LogP contribution in [-0.2, 0) is 9.59 Å². The van der Waals surface area contributed by atoms with Gasteiger partial charge in [0.25, 0.3) is 0 Å². The van der Waals surface area contributed by atoms with Crippen LogP contribution >= 0.6 is 0 Å². The van der Waals surface area contributed by atoms with Gasteiger partial charge >= 0.3 is 49.7 Å². The van der Waals surface area contributed by atoms with Crippen molar-refractivity contribution in [1.82, 2.24) is 5.32 Å². The number of carboxylic acid groups (broad SMARTS) is 2. The maximum absolute atomic E-state index is 10.4. The second-order valence-electron chi connectivity index (χ2n) is 8.57. The minimum atomic E-state index is -0.671. The van der Waals surface area contributed by atoms with Crippen LogP contribution < -0.4 is 5.32 Å². The molecule has 0 aromatic rings. The Kier molecular flexibility index (Phi) is 30.5. The Bertz CT molecular complexity index is 499. The quantitative estimate of drug-likeness (QED) is 0.121. The van der Waals surface area contributed by atoms with Gasteiger partial charge in [-0.3, -0.25) is 9.59 Å². The van der Waals surface area contributed by atoms with Gasteiger partial charge in [0.2, 0.25) is 0 Å². The smallest absolute Gasteiger partial charge is 1.00 e. The Hall–Kier alpha value is -0.780. The first-order chi connectivity index (χ1) is 15.6. The SMILES string of the molecule is C1=CC=CNC=C1.O=C(O)CCCCCCCCCCCCCCCCCCCC(=O)O.[Ca+2].[H-].[H-]. The predicted molar refractivity (Wildman–Crippen MR) is 142 cm³/mol. The standard InChI is InChI=1S/C21H40O4.C6H7N.Ca.2H/c22-20(23)18-16-14-12-10-8-6-4-2-1-3-5-7-9-11-13-15-17-19-21(24)25;1-2-4-6-7-5-3-1;;;/h1-19H2,(H,22,23)(H,24,25);1-7H;;;/q;;+2;2*-1. The average Bonchev–Trinajstić information content (AvgIpc) is 3.08. The molecule has 0 radical (unpaired) electrons. The summed E-state index contributed by atoms with van der Waals surface area (Å²) < 4.78 is 0. The summed E-state index contributed by atoms with van der Waals surface area (Å²) in [5.41, 5.74) is 0. The van der Waals surface area contributed by atoms with Gasteiger partial charge in [-0.1, -0.05) is 108 Å². The van der Waals surface area contributed by atoms with Crippen LogP contribution in [0.4, 0.5) is 0 Å². The van der Waals surface area contributed by atoms with Crippen LogP contribution in [-0.4, -0.2) is 59.9 Å². The fourth-order valence-corrected chi connectivity index (χ4v) is 3.61. The van der Waals surface area contributed by atoms with Crippen molar-refractivity contribution in [1.29, 1.82) is 0 Å². The molecule has 1 heterocycles. The average molecular weight is 492 g/mol. The summed E-state index contributed by atoms with van der Waals surface area (Å²) in [7, 11) is 0. The molecular weight excluding hydrogens is 442 g/mol. The van der Waals surface area contributed by atoms with Crippen LogP contribution in [0.5, 0.6) is 0 Å². The van der Waals surface area contributed by atoms with Gasteiger partial charge in [0, 0.05) is 25.2 Å². The van der Waals surface area contributed by atoms with E-state index in [0.29, 0.717) is 12.8 Å². The van der Waals surface area contributed by atoms with E-state index in [1.165, 1.54) is 83.5 Å². The van der Waals surface area contributed by atoms with E-state index in [9.17, 15) is 9.59 Å². The molecule has 0 bridgehead atoms. The van der Waals surface area contributed by atoms with Crippen LogP contribution in [0.1, 0.15) is 125 Å². The zero-order chi connectivity index (χ0) is 23.5. The van der Waals surface area contributed by atoms with E-state index in [1.54, 1.807) is 0 Å². The first-order valence-corrected chi connectivity index (χ1v) is 12.8. The molecule has 0 atom stereocenters. The molecule has 0 saturated carbocycles. The van der Waals surface area contributed by atoms with Crippen molar-refractivity contribution in [3.63, 3.8) is 0 Å². The third-order valence-corrected chi connectivity index (χ3v) is 5.50. The van der Waals surface area contributed by atoms with Gasteiger partial charge in [0.1, 0.15) is 0 Å². The summed E-state index contributed by atoms with van der Waals surface area (Å²) in [6.45, 7) is 0. The van der Waals surface area contributed by atoms with E-state index in [2.05, 4.69) is 5.32 Å². The molecule has 0 aliphatic carbocycles. The number of hydrogen-bond acceptors (Lipinski definition) is 3. The zero-order valence-corrected chi connectivity index (χ0v) is 23.0. The molecule has 0 spiro atoms. The summed E-state index contributed by atoms with van der Waals surface area (Å²) in [5.74, 6) is -1.34. The summed E-state index contributed by atoms with van der Waals surface area (Å²) in [6.07, 6.45) is 32.9. The summed E-state index contributed by atoms with van der Waals surface area (Å²) in [4.78, 5) is 20.7. The second-order valence-corrected chi connectivity index (χ2v) is 8.57. The molecule has 5 nitrogen and oxygen atoms in total. The fourth-order valence-electron chi connectivity index (χ4n) is 3.61. The number of aliphatic carboxylic acids is 2. The largest absolute Gasteiger partial charge is 2.00 e. The minimum Gasteiger partial charge on any atom is -1.00 e. The van der Waals surface area contributed by atoms with Crippen LogP contribution in [0, 0.1) is 0 Å². The third-order valence-electron chi connectivity index (χ3n) is 5.50. The molecular formula is C27H49CaNO4. The Morgan fingerprint density at radius 3 is 0.970 bits per heavy atom. The van der Waals surface area contributed by atoms with Crippen molar-refractivity contribution >= 4 is 49.7 Å². The van der Waals surface area contributed by atoms with E-state index in [0.717, 1.165) is 25.7 Å². The maximum Gasteiger partial charge on any atom is 2.00 e. The van der Waals surface area contributed by atoms with Gasteiger partial charge in [0.05, 0.1) is 0 Å². The number of rotatable bonds is 20. The molecule has 0 aromatic heterocycles. The predicted octanol–water partition coefficient (Wildman–Crippen LogP) is 7.58. The number of unbranched alkanes of at least 4 members (excludes halogenated alkanes) is 16. The molecule has 0 amide bonds. The molecule has 0 aromatic carbocycles. The topological polar surface area (TPSA) is 86.6 Å². The molecule has 1 rings (SSSR count). The number of carbonyl (C=O) groups is 2. The van der Waals surface area contributed by atoms with E-state index in [-0.39, 0.29) is 40.6 Å². The number of hydrogen-bond donors (Lipinski definition) is 3. The van der Waals surface area contributed by atoms with Crippen molar-refractivity contribution in [3.8, 4) is 0 Å². The maximum atomic E-state index is 10.4. The van der Waals surface area contributed by atoms with Crippen LogP contribution in [0.2, 0.25) is 0 Å². The van der Waals surface area contributed by atoms with E-state index in [1.807, 2.05) is 36.7 Å². The zero-order valence-electron chi connectivity index (χ0n) is 22.8. The first-order valence-electron chi connectivity index (χ1n) is 12.8. The second kappa shape index (κ2) is 29.3. The van der Waals surface area contributed by atoms with Crippen molar-refractivity contribution in [2.24, 2.45) is 0 Å². The van der Waals surface area contributed by atoms with Gasteiger partial charge in [0.15, 0.2) is 0 Å². The molecule has 6 heteroatoms. The Balaban J connectivity index is -0.000000411. The van der Waals surface area contributed by atoms with Gasteiger partial charge in [-0.25, -0.2) is 0 Å². The van der Waals surface area contributed by atoms with Gasteiger partial charge in [-0.15, -0.1) is 0 Å². The van der Waals surface area contributed by atoms with Crippen LogP contribution in [0.15, 0.2) is 36.7 Å². The van der Waals surface area contributed by atoms with Gasteiger partial charge < -0.3 is 18.4 Å². The van der Waals surface area contributed by atoms with Crippen molar-refractivity contribution in [3.05, 3.63) is 36.7 Å². The fraction of sp³-hybridized carbons (Fsp3) is 0.704. The van der Waals surface area contributed by atoms with E-state index in [4.69, 9.17) is 10.2 Å². The Morgan fingerprint density at radius 1 is 0.485 bits per heavy atom. The molecule has 0 unspecified atom stereocenters. The molecule has 3 N–H and O–H groups in total. The molecule has 188 valence electrons. The van der Waals surface area contributed by atoms with E-state index >= 15 is 0 Å². The van der Waals surface area contributed by atoms with Crippen molar-refractivity contribution in [2.45, 2.75) is 122 Å². The Morgan fingerprint density at radius 2 is 0.727 bits per heavy atom. The van der Waals surface area contributed by atoms with Crippen molar-refractivity contribution < 1.29 is 22.7 Å². The first kappa shape index (κ1) is 34.4. The monoisotopic (exact) mass is 491 g/mol. The summed E-state index contributed by atoms with van der Waals surface area (Å²) >= 11 is 0. The minimum absolute atomic E-state index is 0.